The molecular weight excluding hydrogens is 278 g/mol. The molecular formula is C14H18BrNO. The van der Waals surface area contributed by atoms with E-state index in [1.807, 2.05) is 6.07 Å². The smallest absolute Gasteiger partial charge is 0.160 e. The second-order valence-corrected chi connectivity index (χ2v) is 5.50. The van der Waals surface area contributed by atoms with Gasteiger partial charge in [-0.2, -0.15) is 0 Å². The van der Waals surface area contributed by atoms with Crippen LogP contribution in [-0.2, 0) is 0 Å². The van der Waals surface area contributed by atoms with Gasteiger partial charge in [0.2, 0.25) is 0 Å². The van der Waals surface area contributed by atoms with Crippen molar-refractivity contribution in [1.82, 2.24) is 0 Å². The molecule has 0 aromatic heterocycles. The number of carbonyl (C=O) groups is 1. The fourth-order valence-electron chi connectivity index (χ4n) is 2.12. The van der Waals surface area contributed by atoms with Crippen molar-refractivity contribution in [2.24, 2.45) is 0 Å². The van der Waals surface area contributed by atoms with E-state index in [2.05, 4.69) is 39.9 Å². The largest absolute Gasteiger partial charge is 0.369 e. The molecule has 2 rings (SSSR count). The number of ketones is 1. The molecule has 3 heteroatoms. The van der Waals surface area contributed by atoms with Gasteiger partial charge in [0.1, 0.15) is 0 Å². The molecule has 0 amide bonds. The molecule has 1 aliphatic carbocycles. The number of carbonyl (C=O) groups excluding carboxylic acids is 1. The number of rotatable bonds is 5. The highest BCUT2D eigenvalue weighted by molar-refractivity contribution is 9.10. The summed E-state index contributed by atoms with van der Waals surface area (Å²) in [6, 6.07) is 6.78. The Kier molecular flexibility index (Phi) is 3.87. The lowest BCUT2D eigenvalue weighted by Gasteiger charge is -2.24. The van der Waals surface area contributed by atoms with Gasteiger partial charge in [0.05, 0.1) is 0 Å². The fourth-order valence-corrected chi connectivity index (χ4v) is 2.76. The number of nitrogens with zero attached hydrogens (tertiary/aromatic N) is 1. The molecule has 1 aromatic carbocycles. The van der Waals surface area contributed by atoms with Crippen LogP contribution < -0.4 is 4.90 Å². The number of hydrogen-bond donors (Lipinski definition) is 0. The topological polar surface area (TPSA) is 20.3 Å². The highest BCUT2D eigenvalue weighted by Gasteiger charge is 2.28. The van der Waals surface area contributed by atoms with Gasteiger partial charge < -0.3 is 4.90 Å². The predicted molar refractivity (Wildman–Crippen MR) is 74.8 cm³/mol. The molecule has 2 nitrogen and oxygen atoms in total. The maximum Gasteiger partial charge on any atom is 0.160 e. The van der Waals surface area contributed by atoms with Crippen LogP contribution >= 0.6 is 15.9 Å². The summed E-state index contributed by atoms with van der Waals surface area (Å²) in [6.45, 7) is 4.90. The van der Waals surface area contributed by atoms with E-state index in [1.54, 1.807) is 6.92 Å². The monoisotopic (exact) mass is 295 g/mol. The van der Waals surface area contributed by atoms with Crippen LogP contribution in [0.1, 0.15) is 43.5 Å². The molecule has 0 spiro atoms. The van der Waals surface area contributed by atoms with Gasteiger partial charge in [0.25, 0.3) is 0 Å². The predicted octanol–water partition coefficient (Wildman–Crippen LogP) is 4.03. The molecule has 0 unspecified atom stereocenters. The van der Waals surface area contributed by atoms with Crippen LogP contribution in [0.5, 0.6) is 0 Å². The van der Waals surface area contributed by atoms with Crippen molar-refractivity contribution in [2.75, 3.05) is 11.4 Å². The van der Waals surface area contributed by atoms with E-state index in [4.69, 9.17) is 0 Å². The highest BCUT2D eigenvalue weighted by atomic mass is 79.9. The van der Waals surface area contributed by atoms with Crippen molar-refractivity contribution in [3.05, 3.63) is 28.2 Å². The first-order valence-corrected chi connectivity index (χ1v) is 7.00. The first kappa shape index (κ1) is 12.6. The summed E-state index contributed by atoms with van der Waals surface area (Å²) >= 11 is 3.49. The van der Waals surface area contributed by atoms with Gasteiger partial charge in [-0.15, -0.1) is 0 Å². The van der Waals surface area contributed by atoms with Gasteiger partial charge >= 0.3 is 0 Å². The quantitative estimate of drug-likeness (QED) is 0.765. The number of Topliss-reactive ketones (excluding diaryl/α,β-unsaturated/α-hetero) is 1. The Morgan fingerprint density at radius 2 is 2.18 bits per heavy atom. The van der Waals surface area contributed by atoms with Gasteiger partial charge in [-0.05, 0) is 60.3 Å². The van der Waals surface area contributed by atoms with Crippen molar-refractivity contribution in [2.45, 2.75) is 39.2 Å². The fraction of sp³-hybridized carbons (Fsp3) is 0.500. The lowest BCUT2D eigenvalue weighted by molar-refractivity contribution is 0.101. The van der Waals surface area contributed by atoms with Crippen molar-refractivity contribution in [1.29, 1.82) is 0 Å². The van der Waals surface area contributed by atoms with Gasteiger partial charge in [-0.25, -0.2) is 0 Å². The van der Waals surface area contributed by atoms with Crippen LogP contribution in [0, 0.1) is 0 Å². The van der Waals surface area contributed by atoms with E-state index < -0.39 is 0 Å². The summed E-state index contributed by atoms with van der Waals surface area (Å²) < 4.78 is 0.907. The van der Waals surface area contributed by atoms with Crippen LogP contribution in [0.3, 0.4) is 0 Å². The summed E-state index contributed by atoms with van der Waals surface area (Å²) in [6.07, 6.45) is 3.75. The Hall–Kier alpha value is -0.830. The molecule has 0 heterocycles. The first-order valence-electron chi connectivity index (χ1n) is 6.20. The summed E-state index contributed by atoms with van der Waals surface area (Å²) in [7, 11) is 0. The second-order valence-electron chi connectivity index (χ2n) is 4.64. The molecule has 0 bridgehead atoms. The zero-order valence-electron chi connectivity index (χ0n) is 10.4. The molecule has 0 N–H and O–H groups in total. The summed E-state index contributed by atoms with van der Waals surface area (Å²) in [5.74, 6) is 0.108. The first-order chi connectivity index (χ1) is 8.13. The lowest BCUT2D eigenvalue weighted by Crippen LogP contribution is -2.26. The van der Waals surface area contributed by atoms with Crippen molar-refractivity contribution >= 4 is 27.4 Å². The maximum absolute atomic E-state index is 11.4. The van der Waals surface area contributed by atoms with Gasteiger partial charge in [0.15, 0.2) is 5.78 Å². The Balaban J connectivity index is 2.25. The molecule has 1 aliphatic rings. The van der Waals surface area contributed by atoms with Crippen molar-refractivity contribution in [3.63, 3.8) is 0 Å². The molecule has 0 aliphatic heterocycles. The van der Waals surface area contributed by atoms with Crippen molar-refractivity contribution < 1.29 is 4.79 Å². The van der Waals surface area contributed by atoms with Crippen molar-refractivity contribution in [3.8, 4) is 0 Å². The molecule has 0 radical (unpaired) electrons. The van der Waals surface area contributed by atoms with E-state index in [9.17, 15) is 4.79 Å². The number of hydrogen-bond acceptors (Lipinski definition) is 2. The number of benzene rings is 1. The molecule has 1 aromatic rings. The van der Waals surface area contributed by atoms with Gasteiger partial charge in [-0.3, -0.25) is 4.79 Å². The third-order valence-electron chi connectivity index (χ3n) is 3.12. The summed E-state index contributed by atoms with van der Waals surface area (Å²) in [5.41, 5.74) is 1.99. The summed E-state index contributed by atoms with van der Waals surface area (Å²) in [4.78, 5) is 13.8. The van der Waals surface area contributed by atoms with Crippen LogP contribution in [0.15, 0.2) is 22.7 Å². The lowest BCUT2D eigenvalue weighted by atomic mass is 10.1. The van der Waals surface area contributed by atoms with Crippen LogP contribution in [0.4, 0.5) is 5.69 Å². The number of halogens is 1. The zero-order valence-corrected chi connectivity index (χ0v) is 12.0. The third kappa shape index (κ3) is 2.89. The van der Waals surface area contributed by atoms with E-state index >= 15 is 0 Å². The zero-order chi connectivity index (χ0) is 12.4. The minimum atomic E-state index is 0.108. The van der Waals surface area contributed by atoms with Crippen LogP contribution in [0.2, 0.25) is 0 Å². The summed E-state index contributed by atoms with van der Waals surface area (Å²) in [5, 5.41) is 0. The Morgan fingerprint density at radius 1 is 1.47 bits per heavy atom. The van der Waals surface area contributed by atoms with E-state index in [0.29, 0.717) is 6.04 Å². The SMILES string of the molecule is CCCN(c1ccc(C(C)=O)c(Br)c1)C1CC1. The normalized spacial score (nSPS) is 14.8. The minimum absolute atomic E-state index is 0.108. The van der Waals surface area contributed by atoms with Crippen LogP contribution in [-0.4, -0.2) is 18.4 Å². The average molecular weight is 296 g/mol. The molecule has 0 atom stereocenters. The van der Waals surface area contributed by atoms with E-state index in [0.717, 1.165) is 23.0 Å². The molecule has 1 saturated carbocycles. The Morgan fingerprint density at radius 3 is 2.65 bits per heavy atom. The Bertz CT molecular complexity index is 426. The number of anilines is 1. The Labute approximate surface area is 111 Å². The third-order valence-corrected chi connectivity index (χ3v) is 3.77. The maximum atomic E-state index is 11.4. The van der Waals surface area contributed by atoms with Crippen LogP contribution in [0.25, 0.3) is 0 Å². The van der Waals surface area contributed by atoms with Gasteiger partial charge in [0, 0.05) is 28.3 Å². The minimum Gasteiger partial charge on any atom is -0.369 e. The second kappa shape index (κ2) is 5.21. The molecule has 92 valence electrons. The molecule has 1 fully saturated rings. The average Bonchev–Trinajstić information content (AvgIpc) is 3.09. The van der Waals surface area contributed by atoms with Gasteiger partial charge in [-0.1, -0.05) is 6.92 Å². The molecule has 0 saturated heterocycles. The van der Waals surface area contributed by atoms with E-state index in [-0.39, 0.29) is 5.78 Å². The highest BCUT2D eigenvalue weighted by Crippen LogP contribution is 2.33. The van der Waals surface area contributed by atoms with E-state index in [1.165, 1.54) is 18.5 Å². The standard InChI is InChI=1S/C14H18BrNO/c1-3-8-16(11-4-5-11)12-6-7-13(10(2)17)14(15)9-12/h6-7,9,11H,3-5,8H2,1-2H3. The molecule has 17 heavy (non-hydrogen) atoms.